The lowest BCUT2D eigenvalue weighted by Gasteiger charge is -2.48. The van der Waals surface area contributed by atoms with Gasteiger partial charge in [-0.1, -0.05) is 95.8 Å². The van der Waals surface area contributed by atoms with Gasteiger partial charge >= 0.3 is 6.03 Å². The van der Waals surface area contributed by atoms with Gasteiger partial charge in [0, 0.05) is 30.2 Å². The molecule has 0 bridgehead atoms. The van der Waals surface area contributed by atoms with Crippen LogP contribution in [0.4, 0.5) is 9.18 Å². The van der Waals surface area contributed by atoms with Crippen molar-refractivity contribution in [1.29, 1.82) is 0 Å². The van der Waals surface area contributed by atoms with Crippen LogP contribution in [0.1, 0.15) is 65.5 Å². The summed E-state index contributed by atoms with van der Waals surface area (Å²) in [6.07, 6.45) is 1.86. The topological polar surface area (TPSA) is 73.0 Å². The van der Waals surface area contributed by atoms with E-state index in [-0.39, 0.29) is 37.3 Å². The zero-order valence-electron chi connectivity index (χ0n) is 24.6. The van der Waals surface area contributed by atoms with Crippen LogP contribution in [-0.4, -0.2) is 58.8 Å². The van der Waals surface area contributed by atoms with Crippen LogP contribution in [0.15, 0.2) is 42.5 Å². The zero-order valence-corrected chi connectivity index (χ0v) is 26.1. The molecule has 3 rings (SSSR count). The van der Waals surface area contributed by atoms with Gasteiger partial charge in [0.25, 0.3) is 0 Å². The second-order valence-electron chi connectivity index (χ2n) is 9.42. The Labute approximate surface area is 248 Å². The van der Waals surface area contributed by atoms with E-state index in [9.17, 15) is 18.8 Å². The average molecular weight is 598 g/mol. The summed E-state index contributed by atoms with van der Waals surface area (Å²) in [5, 5.41) is 3.72. The Morgan fingerprint density at radius 2 is 1.75 bits per heavy atom. The third kappa shape index (κ3) is 9.66. The molecule has 4 amide bonds. The molecular weight excluding hydrogens is 554 g/mol. The van der Waals surface area contributed by atoms with Gasteiger partial charge in [-0.25, -0.2) is 9.18 Å². The van der Waals surface area contributed by atoms with Crippen molar-refractivity contribution in [2.24, 2.45) is 5.92 Å². The lowest BCUT2D eigenvalue weighted by atomic mass is 9.93. The fraction of sp³-hybridized carbons (Fsp3) is 0.500. The Balaban J connectivity index is 0.00000150. The molecule has 0 saturated carbocycles. The molecule has 1 heterocycles. The van der Waals surface area contributed by atoms with Crippen LogP contribution in [0.5, 0.6) is 0 Å². The van der Waals surface area contributed by atoms with Crippen LogP contribution in [0.3, 0.4) is 0 Å². The second kappa shape index (κ2) is 17.8. The number of likely N-dealkylation sites (N-methyl/N-ethyl adjacent to an activating group) is 1. The van der Waals surface area contributed by atoms with Gasteiger partial charge in [0.15, 0.2) is 0 Å². The molecule has 0 radical (unpaired) electrons. The quantitative estimate of drug-likeness (QED) is 0.335. The fourth-order valence-corrected chi connectivity index (χ4v) is 4.61. The maximum Gasteiger partial charge on any atom is 0.319 e. The Bertz CT molecular complexity index is 1090. The first-order chi connectivity index (χ1) is 19.1. The largest absolute Gasteiger partial charge is 0.334 e. The van der Waals surface area contributed by atoms with Gasteiger partial charge in [-0.2, -0.15) is 0 Å². The summed E-state index contributed by atoms with van der Waals surface area (Å²) < 4.78 is 13.2. The second-order valence-corrected chi connectivity index (χ2v) is 10.3. The van der Waals surface area contributed by atoms with Crippen LogP contribution in [0, 0.1) is 11.7 Å². The van der Waals surface area contributed by atoms with E-state index < -0.39 is 18.2 Å². The number of carbonyl (C=O) groups is 3. The van der Waals surface area contributed by atoms with Crippen LogP contribution in [-0.2, 0) is 22.7 Å². The molecule has 1 aliphatic rings. The molecule has 2 unspecified atom stereocenters. The SMILES string of the molecule is CC.CCC.CCC(C)[C@H]1C(=O)N(Cc2ccc(Cl)cc2Cl)CC(N(C)C(=O)NCc2ccc(F)cc2)N1C=O. The number of amides is 4. The van der Waals surface area contributed by atoms with Crippen molar-refractivity contribution in [3.63, 3.8) is 0 Å². The van der Waals surface area contributed by atoms with E-state index in [1.807, 2.05) is 27.7 Å². The van der Waals surface area contributed by atoms with Gasteiger partial charge in [0.1, 0.15) is 18.0 Å². The predicted octanol–water partition coefficient (Wildman–Crippen LogP) is 6.96. The summed E-state index contributed by atoms with van der Waals surface area (Å²) in [4.78, 5) is 43.1. The van der Waals surface area contributed by atoms with Crippen LogP contribution in [0.25, 0.3) is 0 Å². The Hall–Kier alpha value is -2.84. The first kappa shape index (κ1) is 35.2. The lowest BCUT2D eigenvalue weighted by Crippen LogP contribution is -2.68. The number of nitrogens with zero attached hydrogens (tertiary/aromatic N) is 3. The summed E-state index contributed by atoms with van der Waals surface area (Å²) in [5.74, 6) is -0.689. The summed E-state index contributed by atoms with van der Waals surface area (Å²) >= 11 is 12.4. The number of nitrogens with one attached hydrogen (secondary N) is 1. The van der Waals surface area contributed by atoms with Gasteiger partial charge in [-0.05, 0) is 41.3 Å². The van der Waals surface area contributed by atoms with Gasteiger partial charge in [0.05, 0.1) is 6.54 Å². The number of urea groups is 1. The zero-order chi connectivity index (χ0) is 30.4. The third-order valence-corrected chi connectivity index (χ3v) is 7.01. The molecule has 2 aromatic carbocycles. The molecule has 1 N–H and O–H groups in total. The number of carbonyl (C=O) groups excluding carboxylic acids is 3. The molecule has 0 spiro atoms. The number of hydrogen-bond acceptors (Lipinski definition) is 3. The minimum absolute atomic E-state index is 0.115. The highest BCUT2D eigenvalue weighted by molar-refractivity contribution is 6.35. The minimum atomic E-state index is -0.727. The summed E-state index contributed by atoms with van der Waals surface area (Å²) in [6, 6.07) is 9.74. The third-order valence-electron chi connectivity index (χ3n) is 6.42. The van der Waals surface area contributed by atoms with Gasteiger partial charge < -0.3 is 20.0 Å². The van der Waals surface area contributed by atoms with E-state index in [0.717, 1.165) is 5.56 Å². The monoisotopic (exact) mass is 596 g/mol. The number of piperazine rings is 1. The Morgan fingerprint density at radius 1 is 1.15 bits per heavy atom. The van der Waals surface area contributed by atoms with Crippen molar-refractivity contribution >= 4 is 41.6 Å². The normalized spacial score (nSPS) is 17.1. The molecule has 10 heteroatoms. The van der Waals surface area contributed by atoms with Gasteiger partial charge in [-0.3, -0.25) is 9.59 Å². The fourth-order valence-electron chi connectivity index (χ4n) is 4.14. The minimum Gasteiger partial charge on any atom is -0.334 e. The first-order valence-electron chi connectivity index (χ1n) is 13.8. The average Bonchev–Trinajstić information content (AvgIpc) is 2.95. The highest BCUT2D eigenvalue weighted by Crippen LogP contribution is 2.28. The van der Waals surface area contributed by atoms with Gasteiger partial charge in [0.2, 0.25) is 12.3 Å². The standard InChI is InChI=1S/C25H29Cl2FN4O3.C3H8.C2H6/c1-4-16(2)23-24(34)31(13-18-7-8-19(26)11-21(18)27)14-22(32(23)15-33)30(3)25(35)29-12-17-5-9-20(28)10-6-17;1-3-2;1-2/h5-11,15-16,22-23H,4,12-14H2,1-3H3,(H,29,35);3H2,1-2H3;1-2H3/t16?,22?,23-;;/m0../s1. The van der Waals surface area contributed by atoms with Crippen molar-refractivity contribution in [3.8, 4) is 0 Å². The van der Waals surface area contributed by atoms with Crippen molar-refractivity contribution in [2.75, 3.05) is 13.6 Å². The Kier molecular flexibility index (Phi) is 15.6. The maximum atomic E-state index is 13.5. The molecule has 2 aromatic rings. The highest BCUT2D eigenvalue weighted by atomic mass is 35.5. The number of hydrogen-bond donors (Lipinski definition) is 1. The smallest absolute Gasteiger partial charge is 0.319 e. The predicted molar refractivity (Wildman–Crippen MR) is 161 cm³/mol. The van der Waals surface area contributed by atoms with E-state index in [1.165, 1.54) is 28.4 Å². The van der Waals surface area contributed by atoms with E-state index in [0.29, 0.717) is 28.4 Å². The van der Waals surface area contributed by atoms with E-state index >= 15 is 0 Å². The summed E-state index contributed by atoms with van der Waals surface area (Å²) in [5.41, 5.74) is 1.45. The van der Waals surface area contributed by atoms with Crippen molar-refractivity contribution in [3.05, 3.63) is 69.5 Å². The molecule has 40 heavy (non-hydrogen) atoms. The van der Waals surface area contributed by atoms with Crippen molar-refractivity contribution in [1.82, 2.24) is 20.0 Å². The van der Waals surface area contributed by atoms with E-state index in [2.05, 4.69) is 19.2 Å². The molecule has 1 fully saturated rings. The molecule has 0 aliphatic carbocycles. The van der Waals surface area contributed by atoms with Crippen molar-refractivity contribution in [2.45, 2.75) is 79.7 Å². The van der Waals surface area contributed by atoms with Gasteiger partial charge in [-0.15, -0.1) is 0 Å². The van der Waals surface area contributed by atoms with Crippen LogP contribution < -0.4 is 5.32 Å². The van der Waals surface area contributed by atoms with Crippen molar-refractivity contribution < 1.29 is 18.8 Å². The van der Waals surface area contributed by atoms with E-state index in [1.54, 1.807) is 42.3 Å². The molecule has 1 aliphatic heterocycles. The molecule has 3 atom stereocenters. The molecule has 0 aromatic heterocycles. The lowest BCUT2D eigenvalue weighted by molar-refractivity contribution is -0.158. The van der Waals surface area contributed by atoms with E-state index in [4.69, 9.17) is 23.2 Å². The Morgan fingerprint density at radius 3 is 2.27 bits per heavy atom. The maximum absolute atomic E-state index is 13.5. The molecule has 1 saturated heterocycles. The first-order valence-corrected chi connectivity index (χ1v) is 14.5. The molecular formula is C30H43Cl2FN4O3. The summed E-state index contributed by atoms with van der Waals surface area (Å²) in [7, 11) is 1.58. The van der Waals surface area contributed by atoms with Crippen LogP contribution in [0.2, 0.25) is 10.0 Å². The number of halogens is 3. The van der Waals surface area contributed by atoms with Crippen LogP contribution >= 0.6 is 23.2 Å². The highest BCUT2D eigenvalue weighted by Gasteiger charge is 2.44. The molecule has 7 nitrogen and oxygen atoms in total. The molecule has 222 valence electrons. The summed E-state index contributed by atoms with van der Waals surface area (Å²) in [6.45, 7) is 12.6. The number of rotatable bonds is 8. The number of benzene rings is 2.